The van der Waals surface area contributed by atoms with Crippen molar-refractivity contribution in [2.45, 2.75) is 27.2 Å². The SMILES string of the molecule is CCC(C)=C(C)C(Cl)=CCl. The van der Waals surface area contributed by atoms with Gasteiger partial charge in [0.15, 0.2) is 0 Å². The van der Waals surface area contributed by atoms with Crippen molar-refractivity contribution >= 4 is 23.2 Å². The molecule has 2 heteroatoms. The van der Waals surface area contributed by atoms with Gasteiger partial charge in [-0.25, -0.2) is 0 Å². The van der Waals surface area contributed by atoms with Crippen molar-refractivity contribution in [1.82, 2.24) is 0 Å². The summed E-state index contributed by atoms with van der Waals surface area (Å²) in [6.07, 6.45) is 1.02. The third kappa shape index (κ3) is 2.76. The van der Waals surface area contributed by atoms with Gasteiger partial charge in [-0.05, 0) is 25.8 Å². The standard InChI is InChI=1S/C8H12Cl2/c1-4-6(2)7(3)8(10)5-9/h5H,4H2,1-3H3. The molecule has 0 spiro atoms. The lowest BCUT2D eigenvalue weighted by Gasteiger charge is -2.01. The van der Waals surface area contributed by atoms with Crippen LogP contribution >= 0.6 is 23.2 Å². The van der Waals surface area contributed by atoms with Crippen molar-refractivity contribution in [3.63, 3.8) is 0 Å². The second kappa shape index (κ2) is 4.81. The molecule has 0 heterocycles. The van der Waals surface area contributed by atoms with Crippen LogP contribution in [0.5, 0.6) is 0 Å². The Morgan fingerprint density at radius 3 is 2.20 bits per heavy atom. The molecule has 0 amide bonds. The van der Waals surface area contributed by atoms with Crippen LogP contribution in [0.15, 0.2) is 21.7 Å². The van der Waals surface area contributed by atoms with Crippen molar-refractivity contribution in [3.05, 3.63) is 21.7 Å². The van der Waals surface area contributed by atoms with E-state index in [0.29, 0.717) is 5.03 Å². The van der Waals surface area contributed by atoms with E-state index < -0.39 is 0 Å². The van der Waals surface area contributed by atoms with E-state index in [0.717, 1.165) is 12.0 Å². The summed E-state index contributed by atoms with van der Waals surface area (Å²) >= 11 is 11.2. The highest BCUT2D eigenvalue weighted by Crippen LogP contribution is 2.20. The number of hydrogen-bond acceptors (Lipinski definition) is 0. The summed E-state index contributed by atoms with van der Waals surface area (Å²) in [7, 11) is 0. The van der Waals surface area contributed by atoms with Gasteiger partial charge >= 0.3 is 0 Å². The first-order valence-electron chi connectivity index (χ1n) is 3.26. The van der Waals surface area contributed by atoms with Crippen molar-refractivity contribution in [3.8, 4) is 0 Å². The maximum absolute atomic E-state index is 5.76. The third-order valence-corrected chi connectivity index (χ3v) is 2.35. The third-order valence-electron chi connectivity index (χ3n) is 1.62. The van der Waals surface area contributed by atoms with Crippen molar-refractivity contribution in [2.75, 3.05) is 0 Å². The molecule has 0 aliphatic rings. The maximum Gasteiger partial charge on any atom is 0.0547 e. The lowest BCUT2D eigenvalue weighted by Crippen LogP contribution is -1.81. The summed E-state index contributed by atoms with van der Waals surface area (Å²) in [5.74, 6) is 0. The first-order chi connectivity index (χ1) is 4.63. The molecule has 0 unspecified atom stereocenters. The molecular weight excluding hydrogens is 167 g/mol. The summed E-state index contributed by atoms with van der Waals surface area (Å²) in [6.45, 7) is 6.12. The Hall–Kier alpha value is 0.0600. The zero-order valence-electron chi connectivity index (χ0n) is 6.54. The van der Waals surface area contributed by atoms with Crippen LogP contribution in [0.1, 0.15) is 27.2 Å². The summed E-state index contributed by atoms with van der Waals surface area (Å²) in [6, 6.07) is 0. The molecule has 0 fully saturated rings. The van der Waals surface area contributed by atoms with Crippen LogP contribution in [0.3, 0.4) is 0 Å². The average Bonchev–Trinajstić information content (AvgIpc) is 2.00. The number of allylic oxidation sites excluding steroid dienone is 3. The Balaban J connectivity index is 4.46. The molecule has 0 aliphatic carbocycles. The molecule has 0 atom stereocenters. The van der Waals surface area contributed by atoms with Crippen molar-refractivity contribution in [1.29, 1.82) is 0 Å². The highest BCUT2D eigenvalue weighted by atomic mass is 35.5. The smallest absolute Gasteiger partial charge is 0.0547 e. The highest BCUT2D eigenvalue weighted by Gasteiger charge is 1.97. The topological polar surface area (TPSA) is 0 Å². The van der Waals surface area contributed by atoms with Crippen LogP contribution in [-0.4, -0.2) is 0 Å². The first kappa shape index (κ1) is 10.1. The molecule has 0 aromatic rings. The minimum absolute atomic E-state index is 0.640. The second-order valence-corrected chi connectivity index (χ2v) is 2.84. The van der Waals surface area contributed by atoms with Gasteiger partial charge in [-0.1, -0.05) is 35.7 Å². The fourth-order valence-electron chi connectivity index (χ4n) is 0.551. The van der Waals surface area contributed by atoms with E-state index in [-0.39, 0.29) is 0 Å². The monoisotopic (exact) mass is 178 g/mol. The molecule has 0 rings (SSSR count). The fraction of sp³-hybridized carbons (Fsp3) is 0.500. The number of hydrogen-bond donors (Lipinski definition) is 0. The van der Waals surface area contributed by atoms with Crippen molar-refractivity contribution < 1.29 is 0 Å². The lowest BCUT2D eigenvalue weighted by atomic mass is 10.1. The molecule has 58 valence electrons. The van der Waals surface area contributed by atoms with Gasteiger partial charge in [0.05, 0.1) is 5.03 Å². The maximum atomic E-state index is 5.76. The molecule has 0 aliphatic heterocycles. The van der Waals surface area contributed by atoms with Gasteiger partial charge in [0, 0.05) is 5.54 Å². The van der Waals surface area contributed by atoms with E-state index in [1.165, 1.54) is 11.1 Å². The molecule has 0 radical (unpaired) electrons. The minimum Gasteiger partial charge on any atom is -0.0913 e. The normalized spacial score (nSPS) is 15.1. The van der Waals surface area contributed by atoms with E-state index in [1.54, 1.807) is 0 Å². The quantitative estimate of drug-likeness (QED) is 0.561. The zero-order valence-corrected chi connectivity index (χ0v) is 8.05. The molecule has 0 nitrogen and oxygen atoms in total. The lowest BCUT2D eigenvalue weighted by molar-refractivity contribution is 1.07. The van der Waals surface area contributed by atoms with E-state index in [1.807, 2.05) is 6.92 Å². The van der Waals surface area contributed by atoms with Crippen molar-refractivity contribution in [2.24, 2.45) is 0 Å². The summed E-state index contributed by atoms with van der Waals surface area (Å²) in [5.41, 5.74) is 3.76. The number of halogens is 2. The Morgan fingerprint density at radius 1 is 1.40 bits per heavy atom. The molecule has 0 N–H and O–H groups in total. The van der Waals surface area contributed by atoms with Crippen LogP contribution in [-0.2, 0) is 0 Å². The van der Waals surface area contributed by atoms with Crippen LogP contribution in [0.2, 0.25) is 0 Å². The van der Waals surface area contributed by atoms with Crippen LogP contribution < -0.4 is 0 Å². The Morgan fingerprint density at radius 2 is 1.90 bits per heavy atom. The van der Waals surface area contributed by atoms with E-state index in [4.69, 9.17) is 23.2 Å². The van der Waals surface area contributed by atoms with Gasteiger partial charge in [-0.3, -0.25) is 0 Å². The van der Waals surface area contributed by atoms with Gasteiger partial charge in [0.1, 0.15) is 0 Å². The van der Waals surface area contributed by atoms with Crippen LogP contribution in [0, 0.1) is 0 Å². The first-order valence-corrected chi connectivity index (χ1v) is 4.07. The van der Waals surface area contributed by atoms with Crippen LogP contribution in [0.25, 0.3) is 0 Å². The molecule has 0 aromatic carbocycles. The molecule has 0 saturated carbocycles. The second-order valence-electron chi connectivity index (χ2n) is 2.22. The average molecular weight is 179 g/mol. The van der Waals surface area contributed by atoms with E-state index >= 15 is 0 Å². The largest absolute Gasteiger partial charge is 0.0913 e. The summed E-state index contributed by atoms with van der Waals surface area (Å²) < 4.78 is 0. The Bertz CT molecular complexity index is 166. The zero-order chi connectivity index (χ0) is 8.15. The molecule has 10 heavy (non-hydrogen) atoms. The van der Waals surface area contributed by atoms with Gasteiger partial charge in [-0.2, -0.15) is 0 Å². The van der Waals surface area contributed by atoms with E-state index in [9.17, 15) is 0 Å². The summed E-state index contributed by atoms with van der Waals surface area (Å²) in [5, 5.41) is 0.640. The van der Waals surface area contributed by atoms with Gasteiger partial charge in [-0.15, -0.1) is 0 Å². The van der Waals surface area contributed by atoms with Gasteiger partial charge in [0.25, 0.3) is 0 Å². The Kier molecular flexibility index (Phi) is 4.84. The van der Waals surface area contributed by atoms with Crippen LogP contribution in [0.4, 0.5) is 0 Å². The molecular formula is C8H12Cl2. The Labute approximate surface area is 72.5 Å². The molecule has 0 bridgehead atoms. The van der Waals surface area contributed by atoms with Gasteiger partial charge in [0.2, 0.25) is 0 Å². The predicted molar refractivity (Wildman–Crippen MR) is 48.5 cm³/mol. The summed E-state index contributed by atoms with van der Waals surface area (Å²) in [4.78, 5) is 0. The van der Waals surface area contributed by atoms with Gasteiger partial charge < -0.3 is 0 Å². The highest BCUT2D eigenvalue weighted by molar-refractivity contribution is 6.38. The molecule has 0 aromatic heterocycles. The predicted octanol–water partition coefficient (Wildman–Crippen LogP) is 4.05. The fourth-order valence-corrected chi connectivity index (χ4v) is 0.876. The minimum atomic E-state index is 0.640. The molecule has 0 saturated heterocycles. The van der Waals surface area contributed by atoms with E-state index in [2.05, 4.69) is 13.8 Å². The number of rotatable bonds is 2.